The molecule has 0 radical (unpaired) electrons. The van der Waals surface area contributed by atoms with Gasteiger partial charge in [-0.1, -0.05) is 23.7 Å². The van der Waals surface area contributed by atoms with E-state index >= 15 is 0 Å². The first-order chi connectivity index (χ1) is 11.3. The van der Waals surface area contributed by atoms with Crippen molar-refractivity contribution in [2.45, 2.75) is 11.8 Å². The molecule has 1 aliphatic rings. The maximum atomic E-state index is 12.1. The Morgan fingerprint density at radius 2 is 1.92 bits per heavy atom. The van der Waals surface area contributed by atoms with Crippen LogP contribution in [-0.4, -0.2) is 58.1 Å². The fourth-order valence-electron chi connectivity index (χ4n) is 2.29. The summed E-state index contributed by atoms with van der Waals surface area (Å²) in [4.78, 5) is 12.1. The van der Waals surface area contributed by atoms with Gasteiger partial charge in [-0.05, 0) is 12.1 Å². The molecule has 1 unspecified atom stereocenters. The molecular formula is C14H19ClN2O6S. The Balaban J connectivity index is 2.08. The Morgan fingerprint density at radius 1 is 1.33 bits per heavy atom. The third kappa shape index (κ3) is 4.88. The van der Waals surface area contributed by atoms with E-state index in [4.69, 9.17) is 21.1 Å². The van der Waals surface area contributed by atoms with Gasteiger partial charge in [-0.25, -0.2) is 13.1 Å². The summed E-state index contributed by atoms with van der Waals surface area (Å²) in [5.41, 5.74) is 0.668. The van der Waals surface area contributed by atoms with Gasteiger partial charge in [-0.15, -0.1) is 0 Å². The van der Waals surface area contributed by atoms with Crippen molar-refractivity contribution in [2.75, 3.05) is 32.6 Å². The average Bonchev–Trinajstić information content (AvgIpc) is 3.00. The van der Waals surface area contributed by atoms with E-state index in [-0.39, 0.29) is 6.54 Å². The molecule has 0 aliphatic carbocycles. The van der Waals surface area contributed by atoms with Crippen LogP contribution >= 0.6 is 11.6 Å². The van der Waals surface area contributed by atoms with E-state index in [2.05, 4.69) is 10.0 Å². The second-order valence-electron chi connectivity index (χ2n) is 5.30. The normalized spacial score (nSPS) is 18.3. The van der Waals surface area contributed by atoms with Gasteiger partial charge < -0.3 is 19.9 Å². The Bertz CT molecular complexity index is 673. The Morgan fingerprint density at radius 3 is 2.42 bits per heavy atom. The third-order valence-corrected chi connectivity index (χ3v) is 4.35. The fourth-order valence-corrected chi connectivity index (χ4v) is 3.11. The molecule has 2 rings (SSSR count). The van der Waals surface area contributed by atoms with Crippen molar-refractivity contribution in [1.29, 1.82) is 0 Å². The van der Waals surface area contributed by atoms with E-state index in [0.29, 0.717) is 23.8 Å². The first-order valence-electron chi connectivity index (χ1n) is 7.15. The lowest BCUT2D eigenvalue weighted by Gasteiger charge is -2.29. The summed E-state index contributed by atoms with van der Waals surface area (Å²) < 4.78 is 35.8. The molecule has 1 aromatic carbocycles. The summed E-state index contributed by atoms with van der Waals surface area (Å²) in [6.45, 7) is -0.0169. The minimum Gasteiger partial charge on any atom is -0.394 e. The van der Waals surface area contributed by atoms with Crippen LogP contribution in [0.5, 0.6) is 0 Å². The topological polar surface area (TPSA) is 114 Å². The minimum atomic E-state index is -3.64. The summed E-state index contributed by atoms with van der Waals surface area (Å²) in [6.07, 6.45) is 0.904. The van der Waals surface area contributed by atoms with Crippen molar-refractivity contribution in [3.05, 3.63) is 34.9 Å². The van der Waals surface area contributed by atoms with Gasteiger partial charge in [0, 0.05) is 10.6 Å². The third-order valence-electron chi connectivity index (χ3n) is 3.39. The monoisotopic (exact) mass is 378 g/mol. The van der Waals surface area contributed by atoms with Crippen LogP contribution in [0.15, 0.2) is 24.3 Å². The molecule has 1 saturated heterocycles. The van der Waals surface area contributed by atoms with Crippen LogP contribution in [0.2, 0.25) is 5.02 Å². The number of nitrogens with one attached hydrogen (secondary N) is 2. The van der Waals surface area contributed by atoms with Gasteiger partial charge in [0.1, 0.15) is 6.04 Å². The molecule has 0 spiro atoms. The van der Waals surface area contributed by atoms with Crippen molar-refractivity contribution in [3.8, 4) is 0 Å². The van der Waals surface area contributed by atoms with Crippen molar-refractivity contribution in [3.63, 3.8) is 0 Å². The van der Waals surface area contributed by atoms with Crippen molar-refractivity contribution in [2.24, 2.45) is 0 Å². The highest BCUT2D eigenvalue weighted by atomic mass is 35.5. The molecule has 1 atom stereocenters. The van der Waals surface area contributed by atoms with Crippen LogP contribution in [-0.2, 0) is 30.1 Å². The van der Waals surface area contributed by atoms with Gasteiger partial charge in [0.2, 0.25) is 21.7 Å². The molecule has 1 amide bonds. The number of hydrogen-bond acceptors (Lipinski definition) is 6. The van der Waals surface area contributed by atoms with Crippen LogP contribution in [0, 0.1) is 0 Å². The van der Waals surface area contributed by atoms with Crippen molar-refractivity contribution < 1.29 is 27.8 Å². The van der Waals surface area contributed by atoms with Crippen LogP contribution in [0.3, 0.4) is 0 Å². The number of hydrogen-bond donors (Lipinski definition) is 3. The van der Waals surface area contributed by atoms with Gasteiger partial charge in [0.05, 0.1) is 32.6 Å². The second-order valence-corrected chi connectivity index (χ2v) is 7.52. The molecule has 1 aliphatic heterocycles. The van der Waals surface area contributed by atoms with Crippen molar-refractivity contribution >= 4 is 27.5 Å². The molecule has 8 nitrogen and oxygen atoms in total. The maximum absolute atomic E-state index is 12.1. The lowest BCUT2D eigenvalue weighted by atomic mass is 10.1. The molecule has 24 heavy (non-hydrogen) atoms. The van der Waals surface area contributed by atoms with Gasteiger partial charge in [-0.3, -0.25) is 4.79 Å². The number of halogens is 1. The molecule has 10 heteroatoms. The molecule has 0 bridgehead atoms. The van der Waals surface area contributed by atoms with Gasteiger partial charge >= 0.3 is 0 Å². The first-order valence-corrected chi connectivity index (χ1v) is 9.42. The maximum Gasteiger partial charge on any atom is 0.240 e. The number of carbonyl (C=O) groups excluding carboxylic acids is 1. The van der Waals surface area contributed by atoms with Crippen molar-refractivity contribution in [1.82, 2.24) is 10.0 Å². The number of aliphatic hydroxyl groups is 1. The predicted molar refractivity (Wildman–Crippen MR) is 86.9 cm³/mol. The molecule has 1 fully saturated rings. The molecule has 0 aromatic heterocycles. The number of sulfonamides is 1. The molecule has 134 valence electrons. The summed E-state index contributed by atoms with van der Waals surface area (Å²) in [7, 11) is -3.64. The highest BCUT2D eigenvalue weighted by Crippen LogP contribution is 2.31. The minimum absolute atomic E-state index is 0.0462. The summed E-state index contributed by atoms with van der Waals surface area (Å²) in [5, 5.41) is 12.3. The van der Waals surface area contributed by atoms with Gasteiger partial charge in [0.15, 0.2) is 0 Å². The average molecular weight is 379 g/mol. The SMILES string of the molecule is CS(=O)(=O)NC(CO)C(=O)NCC1(c2ccc(Cl)cc2)OCCO1. The second kappa shape index (κ2) is 7.77. The van der Waals surface area contributed by atoms with Crippen LogP contribution in [0.25, 0.3) is 0 Å². The quantitative estimate of drug-likeness (QED) is 0.593. The summed E-state index contributed by atoms with van der Waals surface area (Å²) >= 11 is 5.87. The Labute approximate surface area is 145 Å². The summed E-state index contributed by atoms with van der Waals surface area (Å²) in [5.74, 6) is -1.86. The molecule has 1 aromatic rings. The van der Waals surface area contributed by atoms with E-state index < -0.39 is 34.4 Å². The first kappa shape index (κ1) is 19.1. The van der Waals surface area contributed by atoms with Crippen LogP contribution < -0.4 is 10.0 Å². The van der Waals surface area contributed by atoms with E-state index in [0.717, 1.165) is 6.26 Å². The predicted octanol–water partition coefficient (Wildman–Crippen LogP) is -0.434. The fraction of sp³-hybridized carbons (Fsp3) is 0.500. The van der Waals surface area contributed by atoms with Gasteiger partial charge in [0.25, 0.3) is 0 Å². The van der Waals surface area contributed by atoms with E-state index in [1.807, 2.05) is 0 Å². The van der Waals surface area contributed by atoms with Gasteiger partial charge in [-0.2, -0.15) is 0 Å². The smallest absolute Gasteiger partial charge is 0.240 e. The lowest BCUT2D eigenvalue weighted by molar-refractivity contribution is -0.165. The molecule has 0 saturated carbocycles. The number of carbonyl (C=O) groups is 1. The number of rotatable bonds is 7. The van der Waals surface area contributed by atoms with Crippen LogP contribution in [0.1, 0.15) is 5.56 Å². The van der Waals surface area contributed by atoms with E-state index in [1.165, 1.54) is 0 Å². The standard InChI is InChI=1S/C14H19ClN2O6S/c1-24(20,21)17-12(8-18)13(19)16-9-14(22-6-7-23-14)10-2-4-11(15)5-3-10/h2-5,12,17-18H,6-9H2,1H3,(H,16,19). The summed E-state index contributed by atoms with van der Waals surface area (Å²) in [6, 6.07) is 5.50. The Hall–Kier alpha value is -1.23. The Kier molecular flexibility index (Phi) is 6.18. The van der Waals surface area contributed by atoms with E-state index in [9.17, 15) is 18.3 Å². The highest BCUT2D eigenvalue weighted by Gasteiger charge is 2.39. The number of amides is 1. The number of aliphatic hydroxyl groups excluding tert-OH is 1. The molecule has 3 N–H and O–H groups in total. The number of benzene rings is 1. The number of ether oxygens (including phenoxy) is 2. The molecule has 1 heterocycles. The lowest BCUT2D eigenvalue weighted by Crippen LogP contribution is -2.51. The zero-order valence-electron chi connectivity index (χ0n) is 13.0. The molecular weight excluding hydrogens is 360 g/mol. The van der Waals surface area contributed by atoms with Crippen LogP contribution in [0.4, 0.5) is 0 Å². The van der Waals surface area contributed by atoms with E-state index in [1.54, 1.807) is 24.3 Å². The zero-order valence-corrected chi connectivity index (χ0v) is 14.6. The zero-order chi connectivity index (χ0) is 17.8. The largest absolute Gasteiger partial charge is 0.394 e. The highest BCUT2D eigenvalue weighted by molar-refractivity contribution is 7.88.